The van der Waals surface area contributed by atoms with Gasteiger partial charge in [-0.15, -0.1) is 0 Å². The Hall–Kier alpha value is 0.310. The summed E-state index contributed by atoms with van der Waals surface area (Å²) in [5, 5.41) is 3.77. The van der Waals surface area contributed by atoms with Crippen molar-refractivity contribution in [2.75, 3.05) is 18.6 Å². The molecule has 1 aliphatic rings. The molecule has 3 atom stereocenters. The molecule has 1 aliphatic carbocycles. The van der Waals surface area contributed by atoms with E-state index < -0.39 is 0 Å². The minimum Gasteiger partial charge on any atom is -0.314 e. The van der Waals surface area contributed by atoms with E-state index in [2.05, 4.69) is 25.4 Å². The van der Waals surface area contributed by atoms with Gasteiger partial charge in [0.1, 0.15) is 0 Å². The van der Waals surface area contributed by atoms with Crippen molar-refractivity contribution < 1.29 is 0 Å². The molecule has 16 heavy (non-hydrogen) atoms. The van der Waals surface area contributed by atoms with Crippen molar-refractivity contribution in [3.05, 3.63) is 0 Å². The molecule has 1 N–H and O–H groups in total. The first kappa shape index (κ1) is 14.4. The monoisotopic (exact) mass is 243 g/mol. The van der Waals surface area contributed by atoms with E-state index in [-0.39, 0.29) is 0 Å². The van der Waals surface area contributed by atoms with Gasteiger partial charge in [0.05, 0.1) is 0 Å². The van der Waals surface area contributed by atoms with Crippen molar-refractivity contribution in [1.29, 1.82) is 0 Å². The third kappa shape index (κ3) is 4.67. The molecule has 0 amide bonds. The minimum atomic E-state index is 0.815. The van der Waals surface area contributed by atoms with Crippen LogP contribution >= 0.6 is 11.8 Å². The van der Waals surface area contributed by atoms with Crippen LogP contribution in [-0.2, 0) is 0 Å². The summed E-state index contributed by atoms with van der Waals surface area (Å²) in [4.78, 5) is 0. The molecule has 0 saturated heterocycles. The molecule has 3 unspecified atom stereocenters. The van der Waals surface area contributed by atoms with Crippen molar-refractivity contribution in [2.24, 2.45) is 11.8 Å². The van der Waals surface area contributed by atoms with Gasteiger partial charge in [0, 0.05) is 6.04 Å². The molecule has 0 aromatic heterocycles. The topological polar surface area (TPSA) is 12.0 Å². The van der Waals surface area contributed by atoms with E-state index in [1.54, 1.807) is 0 Å². The van der Waals surface area contributed by atoms with E-state index in [9.17, 15) is 0 Å². The second-order valence-corrected chi connectivity index (χ2v) is 6.18. The average molecular weight is 243 g/mol. The zero-order valence-electron chi connectivity index (χ0n) is 11.3. The normalized spacial score (nSPS) is 30.6. The third-order valence-corrected chi connectivity index (χ3v) is 4.66. The highest BCUT2D eigenvalue weighted by atomic mass is 32.2. The fraction of sp³-hybridized carbons (Fsp3) is 1.00. The van der Waals surface area contributed by atoms with Crippen molar-refractivity contribution >= 4 is 11.8 Å². The van der Waals surface area contributed by atoms with Gasteiger partial charge in [-0.25, -0.2) is 0 Å². The molecule has 0 aliphatic heterocycles. The Labute approximate surface area is 106 Å². The Morgan fingerprint density at radius 3 is 2.69 bits per heavy atom. The Morgan fingerprint density at radius 2 is 2.06 bits per heavy atom. The maximum atomic E-state index is 3.77. The summed E-state index contributed by atoms with van der Waals surface area (Å²) in [6.07, 6.45) is 10.6. The van der Waals surface area contributed by atoms with Gasteiger partial charge in [-0.05, 0) is 62.5 Å². The summed E-state index contributed by atoms with van der Waals surface area (Å²) in [6, 6.07) is 0.815. The van der Waals surface area contributed by atoms with Gasteiger partial charge in [0.2, 0.25) is 0 Å². The number of hydrogen-bond acceptors (Lipinski definition) is 2. The van der Waals surface area contributed by atoms with Gasteiger partial charge in [-0.3, -0.25) is 0 Å². The molecule has 0 bridgehead atoms. The Kier molecular flexibility index (Phi) is 7.55. The van der Waals surface area contributed by atoms with Crippen LogP contribution in [0.2, 0.25) is 0 Å². The molecule has 1 nitrogen and oxygen atoms in total. The fourth-order valence-electron chi connectivity index (χ4n) is 2.92. The van der Waals surface area contributed by atoms with Crippen LogP contribution in [0.25, 0.3) is 0 Å². The van der Waals surface area contributed by atoms with Crippen LogP contribution in [0.3, 0.4) is 0 Å². The van der Waals surface area contributed by atoms with Crippen LogP contribution in [0, 0.1) is 11.8 Å². The van der Waals surface area contributed by atoms with E-state index in [4.69, 9.17) is 0 Å². The minimum absolute atomic E-state index is 0.815. The first-order valence-electron chi connectivity index (χ1n) is 7.04. The largest absolute Gasteiger partial charge is 0.314 e. The Balaban J connectivity index is 2.39. The summed E-state index contributed by atoms with van der Waals surface area (Å²) in [5.41, 5.74) is 0. The molecule has 0 spiro atoms. The zero-order chi connectivity index (χ0) is 11.8. The van der Waals surface area contributed by atoms with Crippen molar-refractivity contribution in [3.8, 4) is 0 Å². The van der Waals surface area contributed by atoms with Gasteiger partial charge in [0.25, 0.3) is 0 Å². The van der Waals surface area contributed by atoms with Gasteiger partial charge < -0.3 is 5.32 Å². The average Bonchev–Trinajstić information content (AvgIpc) is 2.34. The van der Waals surface area contributed by atoms with Crippen LogP contribution in [0.15, 0.2) is 0 Å². The lowest BCUT2D eigenvalue weighted by molar-refractivity contribution is 0.195. The highest BCUT2D eigenvalue weighted by Gasteiger charge is 2.28. The summed E-state index contributed by atoms with van der Waals surface area (Å²) >= 11 is 2.00. The quantitative estimate of drug-likeness (QED) is 0.727. The van der Waals surface area contributed by atoms with Crippen LogP contribution in [0.5, 0.6) is 0 Å². The summed E-state index contributed by atoms with van der Waals surface area (Å²) in [7, 11) is 0. The molecule has 2 heteroatoms. The van der Waals surface area contributed by atoms with Gasteiger partial charge >= 0.3 is 0 Å². The van der Waals surface area contributed by atoms with E-state index in [0.29, 0.717) is 0 Å². The lowest BCUT2D eigenvalue weighted by Gasteiger charge is -2.36. The van der Waals surface area contributed by atoms with E-state index >= 15 is 0 Å². The smallest absolute Gasteiger partial charge is 0.00958 e. The van der Waals surface area contributed by atoms with E-state index in [1.165, 1.54) is 50.8 Å². The van der Waals surface area contributed by atoms with E-state index in [0.717, 1.165) is 17.9 Å². The molecule has 96 valence electrons. The summed E-state index contributed by atoms with van der Waals surface area (Å²) in [6.45, 7) is 5.83. The zero-order valence-corrected chi connectivity index (χ0v) is 12.1. The Morgan fingerprint density at radius 1 is 1.25 bits per heavy atom. The number of hydrogen-bond donors (Lipinski definition) is 1. The first-order chi connectivity index (χ1) is 7.81. The molecular formula is C14H29NS. The fourth-order valence-corrected chi connectivity index (χ4v) is 3.46. The molecule has 0 aromatic carbocycles. The van der Waals surface area contributed by atoms with Gasteiger partial charge in [-0.2, -0.15) is 11.8 Å². The van der Waals surface area contributed by atoms with Crippen LogP contribution < -0.4 is 5.32 Å². The molecule has 1 saturated carbocycles. The predicted molar refractivity (Wildman–Crippen MR) is 76.2 cm³/mol. The van der Waals surface area contributed by atoms with Crippen LogP contribution in [-0.4, -0.2) is 24.6 Å². The second-order valence-electron chi connectivity index (χ2n) is 5.19. The second kappa shape index (κ2) is 8.41. The van der Waals surface area contributed by atoms with Crippen LogP contribution in [0.1, 0.15) is 52.4 Å². The van der Waals surface area contributed by atoms with Gasteiger partial charge in [-0.1, -0.05) is 20.3 Å². The molecular weight excluding hydrogens is 214 g/mol. The SMILES string of the molecule is CCCNC1CCC(CC)CC1CCSC. The highest BCUT2D eigenvalue weighted by Crippen LogP contribution is 2.33. The van der Waals surface area contributed by atoms with Crippen molar-refractivity contribution in [2.45, 2.75) is 58.4 Å². The summed E-state index contributed by atoms with van der Waals surface area (Å²) in [5.74, 6) is 3.29. The van der Waals surface area contributed by atoms with Crippen LogP contribution in [0.4, 0.5) is 0 Å². The maximum absolute atomic E-state index is 3.77. The molecule has 1 rings (SSSR count). The van der Waals surface area contributed by atoms with Crippen molar-refractivity contribution in [3.63, 3.8) is 0 Å². The summed E-state index contributed by atoms with van der Waals surface area (Å²) < 4.78 is 0. The van der Waals surface area contributed by atoms with Gasteiger partial charge in [0.15, 0.2) is 0 Å². The predicted octanol–water partition coefficient (Wildman–Crippen LogP) is 3.93. The standard InChI is InChI=1S/C14H29NS/c1-4-9-15-14-7-6-12(5-2)11-13(14)8-10-16-3/h12-15H,4-11H2,1-3H3. The highest BCUT2D eigenvalue weighted by molar-refractivity contribution is 7.98. The lowest BCUT2D eigenvalue weighted by Crippen LogP contribution is -2.41. The first-order valence-corrected chi connectivity index (χ1v) is 8.43. The third-order valence-electron chi connectivity index (χ3n) is 4.02. The Bertz CT molecular complexity index is 172. The number of rotatable bonds is 7. The van der Waals surface area contributed by atoms with Crippen molar-refractivity contribution in [1.82, 2.24) is 5.32 Å². The molecule has 0 radical (unpaired) electrons. The molecule has 0 heterocycles. The lowest BCUT2D eigenvalue weighted by atomic mass is 9.76. The number of thioether (sulfide) groups is 1. The maximum Gasteiger partial charge on any atom is 0.00958 e. The van der Waals surface area contributed by atoms with E-state index in [1.807, 2.05) is 11.8 Å². The molecule has 1 fully saturated rings. The number of nitrogens with one attached hydrogen (secondary N) is 1. The molecule has 0 aromatic rings.